The summed E-state index contributed by atoms with van der Waals surface area (Å²) < 4.78 is 6.65. The maximum absolute atomic E-state index is 9.85. The summed E-state index contributed by atoms with van der Waals surface area (Å²) in [6, 6.07) is 6.01. The first-order valence-corrected chi connectivity index (χ1v) is 7.63. The second-order valence-electron chi connectivity index (χ2n) is 5.32. The number of halogens is 1. The molecule has 0 aromatic heterocycles. The highest BCUT2D eigenvalue weighted by molar-refractivity contribution is 9.10. The standard InChI is InChI=1S/C15H22BrNO2/c1-11(18)14-9-13(16)5-6-15(14)17(2)7-8-19-10-12-3-4-12/h5-6,9,11-12,18H,3-4,7-8,10H2,1-2H3. The van der Waals surface area contributed by atoms with E-state index in [1.54, 1.807) is 6.92 Å². The van der Waals surface area contributed by atoms with Crippen molar-refractivity contribution in [1.82, 2.24) is 0 Å². The Morgan fingerprint density at radius 1 is 1.47 bits per heavy atom. The molecule has 1 atom stereocenters. The number of hydrogen-bond donors (Lipinski definition) is 1. The number of aliphatic hydroxyl groups is 1. The molecule has 0 saturated heterocycles. The first-order chi connectivity index (χ1) is 9.08. The van der Waals surface area contributed by atoms with Crippen molar-refractivity contribution in [3.05, 3.63) is 28.2 Å². The molecule has 3 nitrogen and oxygen atoms in total. The van der Waals surface area contributed by atoms with E-state index in [0.29, 0.717) is 0 Å². The maximum Gasteiger partial charge on any atom is 0.0782 e. The monoisotopic (exact) mass is 327 g/mol. The number of hydrogen-bond acceptors (Lipinski definition) is 3. The van der Waals surface area contributed by atoms with Crippen molar-refractivity contribution in [3.8, 4) is 0 Å². The second-order valence-corrected chi connectivity index (χ2v) is 6.23. The number of benzene rings is 1. The lowest BCUT2D eigenvalue weighted by Crippen LogP contribution is -2.24. The highest BCUT2D eigenvalue weighted by Crippen LogP contribution is 2.30. The third-order valence-corrected chi connectivity index (χ3v) is 3.97. The summed E-state index contributed by atoms with van der Waals surface area (Å²) in [7, 11) is 2.04. The average molecular weight is 328 g/mol. The van der Waals surface area contributed by atoms with Crippen LogP contribution in [0, 0.1) is 5.92 Å². The summed E-state index contributed by atoms with van der Waals surface area (Å²) in [6.45, 7) is 4.27. The quantitative estimate of drug-likeness (QED) is 0.779. The molecule has 1 saturated carbocycles. The van der Waals surface area contributed by atoms with E-state index >= 15 is 0 Å². The smallest absolute Gasteiger partial charge is 0.0782 e. The SMILES string of the molecule is CC(O)c1cc(Br)ccc1N(C)CCOCC1CC1. The Balaban J connectivity index is 1.90. The summed E-state index contributed by atoms with van der Waals surface area (Å²) in [5.74, 6) is 0.811. The van der Waals surface area contributed by atoms with Gasteiger partial charge >= 0.3 is 0 Å². The average Bonchev–Trinajstić information content (AvgIpc) is 3.18. The van der Waals surface area contributed by atoms with Crippen LogP contribution in [0.4, 0.5) is 5.69 Å². The maximum atomic E-state index is 9.85. The molecule has 1 unspecified atom stereocenters. The zero-order valence-corrected chi connectivity index (χ0v) is 13.2. The molecule has 1 aromatic carbocycles. The lowest BCUT2D eigenvalue weighted by atomic mass is 10.1. The Labute approximate surface area is 123 Å². The summed E-state index contributed by atoms with van der Waals surface area (Å²) in [4.78, 5) is 2.14. The van der Waals surface area contributed by atoms with Crippen molar-refractivity contribution in [2.24, 2.45) is 5.92 Å². The van der Waals surface area contributed by atoms with Crippen LogP contribution in [0.3, 0.4) is 0 Å². The van der Waals surface area contributed by atoms with Gasteiger partial charge in [-0.3, -0.25) is 0 Å². The molecule has 1 aliphatic rings. The van der Waals surface area contributed by atoms with Crippen molar-refractivity contribution >= 4 is 21.6 Å². The van der Waals surface area contributed by atoms with Gasteiger partial charge < -0.3 is 14.7 Å². The van der Waals surface area contributed by atoms with Crippen LogP contribution in [-0.4, -0.2) is 31.9 Å². The lowest BCUT2D eigenvalue weighted by molar-refractivity contribution is 0.130. The van der Waals surface area contributed by atoms with Gasteiger partial charge in [0.25, 0.3) is 0 Å². The highest BCUT2D eigenvalue weighted by atomic mass is 79.9. The number of ether oxygens (including phenoxy) is 1. The van der Waals surface area contributed by atoms with Crippen molar-refractivity contribution in [2.75, 3.05) is 31.7 Å². The van der Waals surface area contributed by atoms with E-state index in [-0.39, 0.29) is 0 Å². The number of nitrogens with zero attached hydrogens (tertiary/aromatic N) is 1. The van der Waals surface area contributed by atoms with Crippen molar-refractivity contribution < 1.29 is 9.84 Å². The van der Waals surface area contributed by atoms with Gasteiger partial charge in [-0.15, -0.1) is 0 Å². The van der Waals surface area contributed by atoms with E-state index in [2.05, 4.69) is 20.8 Å². The zero-order chi connectivity index (χ0) is 13.8. The predicted molar refractivity (Wildman–Crippen MR) is 81.6 cm³/mol. The van der Waals surface area contributed by atoms with Crippen LogP contribution in [0.2, 0.25) is 0 Å². The first kappa shape index (κ1) is 14.8. The Bertz CT molecular complexity index is 419. The van der Waals surface area contributed by atoms with E-state index in [0.717, 1.165) is 41.4 Å². The number of rotatable bonds is 7. The van der Waals surface area contributed by atoms with Crippen LogP contribution < -0.4 is 4.90 Å². The Hall–Kier alpha value is -0.580. The molecule has 0 bridgehead atoms. The minimum Gasteiger partial charge on any atom is -0.389 e. The van der Waals surface area contributed by atoms with Gasteiger partial charge in [0, 0.05) is 35.9 Å². The van der Waals surface area contributed by atoms with Crippen LogP contribution >= 0.6 is 15.9 Å². The molecule has 0 heterocycles. The highest BCUT2D eigenvalue weighted by Gasteiger charge is 2.21. The summed E-state index contributed by atoms with van der Waals surface area (Å²) in [5, 5.41) is 9.85. The van der Waals surface area contributed by atoms with E-state index < -0.39 is 6.10 Å². The van der Waals surface area contributed by atoms with E-state index in [1.807, 2.05) is 25.2 Å². The van der Waals surface area contributed by atoms with Gasteiger partial charge in [0.15, 0.2) is 0 Å². The molecule has 0 spiro atoms. The molecule has 0 amide bonds. The molecular weight excluding hydrogens is 306 g/mol. The van der Waals surface area contributed by atoms with Gasteiger partial charge in [0.1, 0.15) is 0 Å². The van der Waals surface area contributed by atoms with Crippen LogP contribution in [0.15, 0.2) is 22.7 Å². The minimum atomic E-state index is -0.470. The second kappa shape index (κ2) is 6.73. The van der Waals surface area contributed by atoms with Crippen LogP contribution in [-0.2, 0) is 4.74 Å². The largest absolute Gasteiger partial charge is 0.389 e. The fourth-order valence-electron chi connectivity index (χ4n) is 2.06. The summed E-state index contributed by atoms with van der Waals surface area (Å²) >= 11 is 3.45. The Morgan fingerprint density at radius 3 is 2.84 bits per heavy atom. The predicted octanol–water partition coefficient (Wildman–Crippen LogP) is 3.37. The lowest BCUT2D eigenvalue weighted by Gasteiger charge is -2.24. The number of anilines is 1. The van der Waals surface area contributed by atoms with Crippen molar-refractivity contribution in [3.63, 3.8) is 0 Å². The molecule has 0 radical (unpaired) electrons. The first-order valence-electron chi connectivity index (χ1n) is 6.84. The fourth-order valence-corrected chi connectivity index (χ4v) is 2.44. The molecule has 1 aromatic rings. The molecule has 0 aliphatic heterocycles. The Kier molecular flexibility index (Phi) is 5.25. The van der Waals surface area contributed by atoms with Gasteiger partial charge in [-0.2, -0.15) is 0 Å². The fraction of sp³-hybridized carbons (Fsp3) is 0.600. The molecule has 4 heteroatoms. The van der Waals surface area contributed by atoms with Crippen molar-refractivity contribution in [1.29, 1.82) is 0 Å². The van der Waals surface area contributed by atoms with Crippen LogP contribution in [0.25, 0.3) is 0 Å². The van der Waals surface area contributed by atoms with E-state index in [1.165, 1.54) is 12.8 Å². The minimum absolute atomic E-state index is 0.470. The van der Waals surface area contributed by atoms with Crippen molar-refractivity contribution in [2.45, 2.75) is 25.9 Å². The van der Waals surface area contributed by atoms with Gasteiger partial charge in [0.2, 0.25) is 0 Å². The Morgan fingerprint density at radius 2 is 2.21 bits per heavy atom. The van der Waals surface area contributed by atoms with Gasteiger partial charge in [-0.05, 0) is 43.9 Å². The third-order valence-electron chi connectivity index (χ3n) is 3.47. The molecule has 19 heavy (non-hydrogen) atoms. The number of likely N-dealkylation sites (N-methyl/N-ethyl adjacent to an activating group) is 1. The van der Waals surface area contributed by atoms with Gasteiger partial charge in [0.05, 0.1) is 12.7 Å². The molecular formula is C15H22BrNO2. The molecule has 1 N–H and O–H groups in total. The molecule has 1 fully saturated rings. The third kappa shape index (κ3) is 4.48. The van der Waals surface area contributed by atoms with Gasteiger partial charge in [-0.1, -0.05) is 15.9 Å². The summed E-state index contributed by atoms with van der Waals surface area (Å²) in [5.41, 5.74) is 2.01. The normalized spacial score (nSPS) is 16.4. The topological polar surface area (TPSA) is 32.7 Å². The van der Waals surface area contributed by atoms with Gasteiger partial charge in [-0.25, -0.2) is 0 Å². The molecule has 106 valence electrons. The zero-order valence-electron chi connectivity index (χ0n) is 11.6. The van der Waals surface area contributed by atoms with Crippen LogP contribution in [0.1, 0.15) is 31.4 Å². The molecule has 1 aliphatic carbocycles. The van der Waals surface area contributed by atoms with E-state index in [4.69, 9.17) is 4.74 Å². The van der Waals surface area contributed by atoms with Crippen LogP contribution in [0.5, 0.6) is 0 Å². The van der Waals surface area contributed by atoms with E-state index in [9.17, 15) is 5.11 Å². The number of aliphatic hydroxyl groups excluding tert-OH is 1. The summed E-state index contributed by atoms with van der Waals surface area (Å²) in [6.07, 6.45) is 2.19. The molecule has 2 rings (SSSR count).